The molecule has 0 unspecified atom stereocenters. The largest absolute Gasteiger partial charge is 0.487 e. The summed E-state index contributed by atoms with van der Waals surface area (Å²) in [5.41, 5.74) is 2.31. The van der Waals surface area contributed by atoms with E-state index in [9.17, 15) is 19.2 Å². The molecule has 1 aromatic heterocycles. The Morgan fingerprint density at radius 1 is 1.11 bits per heavy atom. The number of aryl methyl sites for hydroxylation is 1. The number of benzene rings is 2. The van der Waals surface area contributed by atoms with Crippen molar-refractivity contribution in [3.05, 3.63) is 77.6 Å². The minimum atomic E-state index is -0.952. The van der Waals surface area contributed by atoms with Crippen LogP contribution in [0.5, 0.6) is 5.75 Å². The van der Waals surface area contributed by atoms with Crippen LogP contribution < -0.4 is 20.7 Å². The molecule has 2 aromatic carbocycles. The molecule has 44 heavy (non-hydrogen) atoms. The van der Waals surface area contributed by atoms with Gasteiger partial charge in [0.05, 0.1) is 12.2 Å². The number of ether oxygens (including phenoxy) is 2. The highest BCUT2D eigenvalue weighted by atomic mass is 16.5. The fourth-order valence-electron chi connectivity index (χ4n) is 4.81. The second kappa shape index (κ2) is 16.2. The van der Waals surface area contributed by atoms with E-state index in [2.05, 4.69) is 26.3 Å². The van der Waals surface area contributed by atoms with Gasteiger partial charge in [-0.3, -0.25) is 14.3 Å². The van der Waals surface area contributed by atoms with E-state index in [1.807, 2.05) is 62.5 Å². The van der Waals surface area contributed by atoms with Gasteiger partial charge in [0.1, 0.15) is 43.0 Å². The van der Waals surface area contributed by atoms with Gasteiger partial charge >= 0.3 is 6.09 Å². The first-order chi connectivity index (χ1) is 21.3. The molecule has 12 nitrogen and oxygen atoms in total. The number of carbonyl (C=O) groups is 4. The predicted molar refractivity (Wildman–Crippen MR) is 161 cm³/mol. The van der Waals surface area contributed by atoms with E-state index in [4.69, 9.17) is 9.47 Å². The lowest BCUT2D eigenvalue weighted by Gasteiger charge is -2.27. The molecule has 4 bridgehead atoms. The van der Waals surface area contributed by atoms with E-state index >= 15 is 0 Å². The number of fused-ring (bicyclic) bond motifs is 14. The van der Waals surface area contributed by atoms with Crippen LogP contribution >= 0.6 is 0 Å². The Morgan fingerprint density at radius 2 is 1.89 bits per heavy atom. The van der Waals surface area contributed by atoms with Crippen molar-refractivity contribution in [3.63, 3.8) is 0 Å². The molecule has 3 aromatic rings. The first-order valence-corrected chi connectivity index (χ1v) is 15.0. The molecule has 5 rings (SSSR count). The number of nitrogens with one attached hydrogen (secondary N) is 3. The lowest BCUT2D eigenvalue weighted by atomic mass is 9.96. The quantitative estimate of drug-likeness (QED) is 0.363. The molecule has 4 atom stereocenters. The maximum atomic E-state index is 13.6. The molecule has 3 amide bonds. The van der Waals surface area contributed by atoms with Crippen LogP contribution in [0.3, 0.4) is 0 Å². The zero-order chi connectivity index (χ0) is 31.3. The van der Waals surface area contributed by atoms with Crippen molar-refractivity contribution in [2.45, 2.75) is 83.8 Å². The molecule has 0 spiro atoms. The summed E-state index contributed by atoms with van der Waals surface area (Å²) in [6.45, 7) is 4.60. The third kappa shape index (κ3) is 9.65. The number of nitrogens with zero attached hydrogens (tertiary/aromatic N) is 3. The summed E-state index contributed by atoms with van der Waals surface area (Å²) in [5, 5.41) is 16.6. The summed E-state index contributed by atoms with van der Waals surface area (Å²) in [7, 11) is 0. The van der Waals surface area contributed by atoms with Gasteiger partial charge < -0.3 is 30.2 Å². The fraction of sp³-hybridized carbons (Fsp3) is 0.438. The Kier molecular flexibility index (Phi) is 11.8. The topological polar surface area (TPSA) is 154 Å². The maximum Gasteiger partial charge on any atom is 0.408 e. The monoisotopic (exact) mass is 604 g/mol. The van der Waals surface area contributed by atoms with Gasteiger partial charge in [-0.15, -0.1) is 5.10 Å². The van der Waals surface area contributed by atoms with Gasteiger partial charge in [0.2, 0.25) is 11.8 Å². The minimum Gasteiger partial charge on any atom is -0.487 e. The first kappa shape index (κ1) is 32.2. The molecule has 12 heteroatoms. The second-order valence-corrected chi connectivity index (χ2v) is 11.0. The van der Waals surface area contributed by atoms with Crippen LogP contribution in [0.1, 0.15) is 56.4 Å². The molecule has 234 valence electrons. The maximum absolute atomic E-state index is 13.6. The van der Waals surface area contributed by atoms with Crippen LogP contribution in [0.15, 0.2) is 60.8 Å². The molecule has 0 fully saturated rings. The molecule has 0 radical (unpaired) electrons. The average Bonchev–Trinajstić information content (AvgIpc) is 3.50. The van der Waals surface area contributed by atoms with E-state index in [0.29, 0.717) is 50.0 Å². The number of amides is 3. The Morgan fingerprint density at radius 3 is 2.61 bits per heavy atom. The standard InChI is InChI=1S/C32H40N6O6/c1-3-22(2)29-31(41)33-25(19-39)17-23-12-14-27(15-13-23)43-21-26-18-38(37-36-26)16-8-7-11-28(30(40)35-29)34-32(42)44-20-24-9-5-4-6-10-24/h4-6,9-10,12-15,18-19,22,25,28-29H,3,7-8,11,16-17,20-21H2,1-2H3,(H,33,41)(H,34,42)(H,35,40)/t22-,25-,28-,29-/m0/s1. The lowest BCUT2D eigenvalue weighted by molar-refractivity contribution is -0.132. The molecular weight excluding hydrogens is 564 g/mol. The highest BCUT2D eigenvalue weighted by Crippen LogP contribution is 2.16. The lowest BCUT2D eigenvalue weighted by Crippen LogP contribution is -2.57. The van der Waals surface area contributed by atoms with E-state index in [1.165, 1.54) is 0 Å². The average molecular weight is 605 g/mol. The van der Waals surface area contributed by atoms with Gasteiger partial charge in [0, 0.05) is 6.54 Å². The predicted octanol–water partition coefficient (Wildman–Crippen LogP) is 3.09. The molecular formula is C32H40N6O6. The summed E-state index contributed by atoms with van der Waals surface area (Å²) in [5.74, 6) is -0.577. The molecule has 3 N–H and O–H groups in total. The van der Waals surface area contributed by atoms with Crippen molar-refractivity contribution in [3.8, 4) is 5.75 Å². The smallest absolute Gasteiger partial charge is 0.408 e. The number of rotatable bonds is 6. The highest BCUT2D eigenvalue weighted by molar-refractivity contribution is 5.92. The van der Waals surface area contributed by atoms with E-state index in [1.54, 1.807) is 16.8 Å². The molecule has 2 aliphatic rings. The zero-order valence-electron chi connectivity index (χ0n) is 25.1. The molecule has 2 aliphatic heterocycles. The van der Waals surface area contributed by atoms with Crippen LogP contribution in [0.25, 0.3) is 0 Å². The van der Waals surface area contributed by atoms with Crippen LogP contribution in [0.2, 0.25) is 0 Å². The minimum absolute atomic E-state index is 0.0486. The van der Waals surface area contributed by atoms with Crippen molar-refractivity contribution in [2.75, 3.05) is 0 Å². The van der Waals surface area contributed by atoms with Crippen molar-refractivity contribution in [1.82, 2.24) is 30.9 Å². The number of carbonyl (C=O) groups excluding carboxylic acids is 4. The summed E-state index contributed by atoms with van der Waals surface area (Å²) in [6, 6.07) is 13.8. The van der Waals surface area contributed by atoms with E-state index in [-0.39, 0.29) is 25.6 Å². The van der Waals surface area contributed by atoms with Gasteiger partial charge in [-0.25, -0.2) is 4.79 Å². The van der Waals surface area contributed by atoms with Crippen molar-refractivity contribution >= 4 is 24.2 Å². The second-order valence-electron chi connectivity index (χ2n) is 11.0. The van der Waals surface area contributed by atoms with Crippen molar-refractivity contribution < 1.29 is 28.7 Å². The first-order valence-electron chi connectivity index (χ1n) is 15.0. The van der Waals surface area contributed by atoms with Gasteiger partial charge in [-0.1, -0.05) is 67.9 Å². The molecule has 3 heterocycles. The number of aldehydes is 1. The normalized spacial score (nSPS) is 20.6. The number of hydrogen-bond acceptors (Lipinski definition) is 8. The Bertz CT molecular complexity index is 1380. The Balaban J connectivity index is 1.52. The van der Waals surface area contributed by atoms with Gasteiger partial charge in [0.25, 0.3) is 0 Å². The molecule has 0 saturated heterocycles. The zero-order valence-corrected chi connectivity index (χ0v) is 25.1. The van der Waals surface area contributed by atoms with E-state index in [0.717, 1.165) is 11.1 Å². The summed E-state index contributed by atoms with van der Waals surface area (Å²) in [4.78, 5) is 51.7. The SMILES string of the molecule is CC[C@H](C)[C@@H]1NC(=O)[C@@H](NC(=O)OCc2ccccc2)CCCCn2cc(nn2)COc2ccc(cc2)C[C@@H](C=O)NC1=O. The number of alkyl carbamates (subject to hydrolysis) is 1. The summed E-state index contributed by atoms with van der Waals surface area (Å²) < 4.78 is 12.9. The number of aromatic nitrogens is 3. The van der Waals surface area contributed by atoms with Crippen LogP contribution in [-0.4, -0.2) is 57.3 Å². The highest BCUT2D eigenvalue weighted by Gasteiger charge is 2.31. The van der Waals surface area contributed by atoms with Gasteiger partial charge in [-0.2, -0.15) is 0 Å². The van der Waals surface area contributed by atoms with Crippen molar-refractivity contribution in [1.29, 1.82) is 0 Å². The summed E-state index contributed by atoms with van der Waals surface area (Å²) in [6.07, 6.45) is 4.15. The van der Waals surface area contributed by atoms with Gasteiger partial charge in [0.15, 0.2) is 0 Å². The van der Waals surface area contributed by atoms with Gasteiger partial charge in [-0.05, 0) is 54.9 Å². The Hall–Kier alpha value is -4.74. The van der Waals surface area contributed by atoms with Crippen LogP contribution in [-0.2, 0) is 45.3 Å². The fourth-order valence-corrected chi connectivity index (χ4v) is 4.81. The Labute approximate surface area is 256 Å². The van der Waals surface area contributed by atoms with Crippen molar-refractivity contribution in [2.24, 2.45) is 5.92 Å². The number of hydrogen-bond donors (Lipinski definition) is 3. The van der Waals surface area contributed by atoms with E-state index < -0.39 is 36.0 Å². The third-order valence-corrected chi connectivity index (χ3v) is 7.59. The molecule has 0 saturated carbocycles. The van der Waals surface area contributed by atoms with Crippen LogP contribution in [0, 0.1) is 5.92 Å². The van der Waals surface area contributed by atoms with Crippen LogP contribution in [0.4, 0.5) is 4.79 Å². The summed E-state index contributed by atoms with van der Waals surface area (Å²) >= 11 is 0. The third-order valence-electron chi connectivity index (χ3n) is 7.59. The molecule has 0 aliphatic carbocycles.